The Morgan fingerprint density at radius 3 is 2.92 bits per heavy atom. The van der Waals surface area contributed by atoms with E-state index in [4.69, 9.17) is 0 Å². The van der Waals surface area contributed by atoms with E-state index in [9.17, 15) is 4.79 Å². The van der Waals surface area contributed by atoms with Gasteiger partial charge in [-0.1, -0.05) is 12.1 Å². The number of carbonyl (C=O) groups is 1. The van der Waals surface area contributed by atoms with Crippen molar-refractivity contribution < 1.29 is 4.79 Å². The largest absolute Gasteiger partial charge is 0.361 e. The first kappa shape index (κ1) is 14.1. The van der Waals surface area contributed by atoms with E-state index >= 15 is 0 Å². The lowest BCUT2D eigenvalue weighted by Crippen LogP contribution is -2.11. The molecule has 0 aliphatic rings. The highest BCUT2D eigenvalue weighted by atomic mass is 16.1. The highest BCUT2D eigenvalue weighted by Crippen LogP contribution is 2.21. The van der Waals surface area contributed by atoms with Crippen LogP contribution in [0.4, 0.5) is 5.69 Å². The quantitative estimate of drug-likeness (QED) is 0.541. The van der Waals surface area contributed by atoms with Gasteiger partial charge in [0.05, 0.1) is 0 Å². The lowest BCUT2D eigenvalue weighted by molar-refractivity contribution is 0.102. The number of anilines is 1. The highest BCUT2D eigenvalue weighted by Gasteiger charge is 2.10. The third kappa shape index (κ3) is 2.52. The summed E-state index contributed by atoms with van der Waals surface area (Å²) in [5.41, 5.74) is 4.22. The van der Waals surface area contributed by atoms with Crippen LogP contribution in [0.5, 0.6) is 0 Å². The van der Waals surface area contributed by atoms with Gasteiger partial charge in [0.25, 0.3) is 5.91 Å². The molecule has 4 rings (SSSR count). The molecule has 24 heavy (non-hydrogen) atoms. The summed E-state index contributed by atoms with van der Waals surface area (Å²) in [5.74, 6) is 0.390. The second-order valence-corrected chi connectivity index (χ2v) is 5.52. The number of aromatic nitrogens is 5. The fraction of sp³-hybridized carbons (Fsp3) is 0.0588. The summed E-state index contributed by atoms with van der Waals surface area (Å²) < 4.78 is 0. The smallest absolute Gasteiger partial charge is 0.255 e. The molecule has 4 aromatic rings. The Labute approximate surface area is 137 Å². The lowest BCUT2D eigenvalue weighted by Gasteiger charge is -2.07. The molecule has 0 atom stereocenters. The molecular weight excluding hydrogens is 304 g/mol. The minimum atomic E-state index is -0.162. The van der Waals surface area contributed by atoms with Crippen LogP contribution in [-0.4, -0.2) is 31.5 Å². The van der Waals surface area contributed by atoms with Gasteiger partial charge in [-0.15, -0.1) is 5.10 Å². The molecule has 7 nitrogen and oxygen atoms in total. The number of nitrogens with zero attached hydrogens (tertiary/aromatic N) is 3. The molecule has 2 aromatic heterocycles. The molecule has 118 valence electrons. The summed E-state index contributed by atoms with van der Waals surface area (Å²) in [6.45, 7) is 2.01. The fourth-order valence-electron chi connectivity index (χ4n) is 2.63. The summed E-state index contributed by atoms with van der Waals surface area (Å²) in [7, 11) is 0. The minimum Gasteiger partial charge on any atom is -0.361 e. The first-order chi connectivity index (χ1) is 11.7. The zero-order chi connectivity index (χ0) is 16.5. The predicted molar refractivity (Wildman–Crippen MR) is 90.6 cm³/mol. The number of tetrazole rings is 1. The number of hydrogen-bond donors (Lipinski definition) is 3. The van der Waals surface area contributed by atoms with E-state index in [1.54, 1.807) is 6.07 Å². The second-order valence-electron chi connectivity index (χ2n) is 5.52. The SMILES string of the molecule is Cc1c[nH]c2ccc(C(=O)Nc3cccc(-c4nnn[nH]4)c3)cc12. The Kier molecular flexibility index (Phi) is 3.31. The molecule has 3 N–H and O–H groups in total. The van der Waals surface area contributed by atoms with E-state index in [-0.39, 0.29) is 5.91 Å². The minimum absolute atomic E-state index is 0.162. The maximum absolute atomic E-state index is 12.5. The van der Waals surface area contributed by atoms with E-state index in [1.165, 1.54) is 0 Å². The Hall–Kier alpha value is -3.48. The third-order valence-corrected chi connectivity index (χ3v) is 3.89. The van der Waals surface area contributed by atoms with Gasteiger partial charge in [-0.25, -0.2) is 5.10 Å². The van der Waals surface area contributed by atoms with Gasteiger partial charge >= 0.3 is 0 Å². The number of hydrogen-bond acceptors (Lipinski definition) is 4. The number of fused-ring (bicyclic) bond motifs is 1. The number of aromatic amines is 2. The van der Waals surface area contributed by atoms with Crippen molar-refractivity contribution in [2.45, 2.75) is 6.92 Å². The molecule has 2 aromatic carbocycles. The van der Waals surface area contributed by atoms with Gasteiger partial charge in [0, 0.05) is 33.9 Å². The van der Waals surface area contributed by atoms with Crippen molar-refractivity contribution in [2.75, 3.05) is 5.32 Å². The number of rotatable bonds is 3. The van der Waals surface area contributed by atoms with E-state index in [0.29, 0.717) is 17.1 Å². The van der Waals surface area contributed by atoms with Gasteiger partial charge < -0.3 is 10.3 Å². The van der Waals surface area contributed by atoms with Crippen LogP contribution in [-0.2, 0) is 0 Å². The average Bonchev–Trinajstić information content (AvgIpc) is 3.25. The van der Waals surface area contributed by atoms with E-state index in [0.717, 1.165) is 22.0 Å². The molecule has 0 spiro atoms. The Bertz CT molecular complexity index is 1020. The number of amides is 1. The maximum Gasteiger partial charge on any atom is 0.255 e. The molecular formula is C17H14N6O. The van der Waals surface area contributed by atoms with Crippen molar-refractivity contribution in [3.8, 4) is 11.4 Å². The normalized spacial score (nSPS) is 10.9. The molecule has 0 unspecified atom stereocenters. The summed E-state index contributed by atoms with van der Waals surface area (Å²) in [5, 5.41) is 17.6. The molecule has 0 fully saturated rings. The molecule has 0 saturated heterocycles. The van der Waals surface area contributed by atoms with Gasteiger partial charge in [-0.3, -0.25) is 4.79 Å². The first-order valence-corrected chi connectivity index (χ1v) is 7.44. The van der Waals surface area contributed by atoms with Gasteiger partial charge in [0.15, 0.2) is 5.82 Å². The number of aryl methyl sites for hydroxylation is 1. The molecule has 0 bridgehead atoms. The summed E-state index contributed by atoms with van der Waals surface area (Å²) in [4.78, 5) is 15.7. The van der Waals surface area contributed by atoms with Crippen LogP contribution in [0.1, 0.15) is 15.9 Å². The lowest BCUT2D eigenvalue weighted by atomic mass is 10.1. The first-order valence-electron chi connectivity index (χ1n) is 7.44. The molecule has 1 amide bonds. The van der Waals surface area contributed by atoms with Crippen molar-refractivity contribution in [3.05, 3.63) is 59.8 Å². The van der Waals surface area contributed by atoms with Crippen molar-refractivity contribution in [3.63, 3.8) is 0 Å². The van der Waals surface area contributed by atoms with Crippen molar-refractivity contribution in [1.82, 2.24) is 25.6 Å². The zero-order valence-electron chi connectivity index (χ0n) is 12.9. The number of benzene rings is 2. The van der Waals surface area contributed by atoms with Gasteiger partial charge in [-0.2, -0.15) is 0 Å². The van der Waals surface area contributed by atoms with E-state index in [1.807, 2.05) is 49.5 Å². The molecule has 0 aliphatic heterocycles. The molecule has 0 radical (unpaired) electrons. The van der Waals surface area contributed by atoms with Crippen LogP contribution >= 0.6 is 0 Å². The topological polar surface area (TPSA) is 99.3 Å². The molecule has 2 heterocycles. The monoisotopic (exact) mass is 318 g/mol. The van der Waals surface area contributed by atoms with Gasteiger partial charge in [-0.05, 0) is 53.2 Å². The molecule has 7 heteroatoms. The average molecular weight is 318 g/mol. The van der Waals surface area contributed by atoms with Crippen molar-refractivity contribution >= 4 is 22.5 Å². The summed E-state index contributed by atoms with van der Waals surface area (Å²) in [6, 6.07) is 13.0. The zero-order valence-corrected chi connectivity index (χ0v) is 12.9. The molecule has 0 aliphatic carbocycles. The second kappa shape index (κ2) is 5.62. The Morgan fingerprint density at radius 2 is 2.08 bits per heavy atom. The fourth-order valence-corrected chi connectivity index (χ4v) is 2.63. The highest BCUT2D eigenvalue weighted by molar-refractivity contribution is 6.06. The van der Waals surface area contributed by atoms with E-state index in [2.05, 4.69) is 30.9 Å². The summed E-state index contributed by atoms with van der Waals surface area (Å²) >= 11 is 0. The van der Waals surface area contributed by atoms with Gasteiger partial charge in [0.2, 0.25) is 0 Å². The van der Waals surface area contributed by atoms with E-state index < -0.39 is 0 Å². The van der Waals surface area contributed by atoms with Crippen LogP contribution < -0.4 is 5.32 Å². The number of nitrogens with one attached hydrogen (secondary N) is 3. The number of H-pyrrole nitrogens is 2. The van der Waals surface area contributed by atoms with Crippen LogP contribution in [0.25, 0.3) is 22.3 Å². The Morgan fingerprint density at radius 1 is 1.17 bits per heavy atom. The third-order valence-electron chi connectivity index (χ3n) is 3.89. The van der Waals surface area contributed by atoms with Gasteiger partial charge in [0.1, 0.15) is 0 Å². The van der Waals surface area contributed by atoms with Crippen LogP contribution in [0, 0.1) is 6.92 Å². The Balaban J connectivity index is 1.61. The maximum atomic E-state index is 12.5. The van der Waals surface area contributed by atoms with Crippen molar-refractivity contribution in [2.24, 2.45) is 0 Å². The van der Waals surface area contributed by atoms with Crippen LogP contribution in [0.2, 0.25) is 0 Å². The summed E-state index contributed by atoms with van der Waals surface area (Å²) in [6.07, 6.45) is 1.93. The van der Waals surface area contributed by atoms with Crippen molar-refractivity contribution in [1.29, 1.82) is 0 Å². The van der Waals surface area contributed by atoms with Crippen LogP contribution in [0.3, 0.4) is 0 Å². The van der Waals surface area contributed by atoms with Crippen LogP contribution in [0.15, 0.2) is 48.7 Å². The molecule has 0 saturated carbocycles. The standard InChI is InChI=1S/C17H14N6O/c1-10-9-18-15-6-5-12(8-14(10)15)17(24)19-13-4-2-3-11(7-13)16-20-22-23-21-16/h2-9,18H,1H3,(H,19,24)(H,20,21,22,23). The predicted octanol–water partition coefficient (Wildman–Crippen LogP) is 2.91. The number of carbonyl (C=O) groups excluding carboxylic acids is 1.